The second-order valence-corrected chi connectivity index (χ2v) is 6.24. The van der Waals surface area contributed by atoms with E-state index < -0.39 is 6.10 Å². The second-order valence-electron chi connectivity index (χ2n) is 6.24. The molecule has 0 saturated heterocycles. The lowest BCUT2D eigenvalue weighted by Gasteiger charge is -2.23. The molecule has 1 aliphatic rings. The molecule has 6 nitrogen and oxygen atoms in total. The second kappa shape index (κ2) is 6.15. The van der Waals surface area contributed by atoms with Crippen LogP contribution in [0.2, 0.25) is 0 Å². The zero-order valence-electron chi connectivity index (χ0n) is 14.4. The molecule has 2 amide bonds. The minimum Gasteiger partial charge on any atom is -0.479 e. The van der Waals surface area contributed by atoms with E-state index in [1.807, 2.05) is 31.2 Å². The number of carbonyl (C=O) groups excluding carboxylic acids is 2. The molecule has 4 rings (SSSR count). The van der Waals surface area contributed by atoms with E-state index in [1.165, 1.54) is 0 Å². The molecule has 0 bridgehead atoms. The fourth-order valence-electron chi connectivity index (χ4n) is 2.98. The van der Waals surface area contributed by atoms with Crippen molar-refractivity contribution in [1.82, 2.24) is 4.98 Å². The lowest BCUT2D eigenvalue weighted by molar-refractivity contribution is -0.122. The quantitative estimate of drug-likeness (QED) is 0.743. The lowest BCUT2D eigenvalue weighted by atomic mass is 10.1. The Balaban J connectivity index is 1.66. The molecule has 2 heterocycles. The summed E-state index contributed by atoms with van der Waals surface area (Å²) >= 11 is 0. The summed E-state index contributed by atoms with van der Waals surface area (Å²) < 4.78 is 5.53. The Morgan fingerprint density at radius 1 is 1.19 bits per heavy atom. The third-order valence-corrected chi connectivity index (χ3v) is 4.26. The summed E-state index contributed by atoms with van der Waals surface area (Å²) in [5.74, 6) is 0.139. The number of rotatable bonds is 2. The number of benzene rings is 2. The van der Waals surface area contributed by atoms with Crippen molar-refractivity contribution >= 4 is 34.1 Å². The summed E-state index contributed by atoms with van der Waals surface area (Å²) in [5, 5.41) is 6.45. The van der Waals surface area contributed by atoms with Crippen LogP contribution < -0.4 is 15.4 Å². The Bertz CT molecular complexity index is 1050. The van der Waals surface area contributed by atoms with E-state index in [0.717, 1.165) is 16.6 Å². The summed E-state index contributed by atoms with van der Waals surface area (Å²) in [4.78, 5) is 29.0. The third-order valence-electron chi connectivity index (χ3n) is 4.26. The van der Waals surface area contributed by atoms with Crippen molar-refractivity contribution in [3.63, 3.8) is 0 Å². The maximum absolute atomic E-state index is 12.8. The van der Waals surface area contributed by atoms with Crippen LogP contribution in [-0.2, 0) is 4.79 Å². The summed E-state index contributed by atoms with van der Waals surface area (Å²) in [5.41, 5.74) is 3.22. The molecule has 0 spiro atoms. The number of nitrogens with one attached hydrogen (secondary N) is 2. The van der Waals surface area contributed by atoms with Crippen LogP contribution in [0.1, 0.15) is 23.0 Å². The molecule has 3 aromatic rings. The fraction of sp³-hybridized carbons (Fsp3) is 0.150. The van der Waals surface area contributed by atoms with Gasteiger partial charge in [-0.25, -0.2) is 0 Å². The van der Waals surface area contributed by atoms with Crippen molar-refractivity contribution in [2.24, 2.45) is 0 Å². The van der Waals surface area contributed by atoms with Gasteiger partial charge >= 0.3 is 0 Å². The topological polar surface area (TPSA) is 80.3 Å². The average Bonchev–Trinajstić information content (AvgIpc) is 2.62. The van der Waals surface area contributed by atoms with Gasteiger partial charge in [0.05, 0.1) is 16.8 Å². The molecule has 0 radical (unpaired) electrons. The average molecular weight is 347 g/mol. The van der Waals surface area contributed by atoms with Gasteiger partial charge in [-0.05, 0) is 44.2 Å². The lowest BCUT2D eigenvalue weighted by Crippen LogP contribution is -2.34. The molecular formula is C20H17N3O3. The van der Waals surface area contributed by atoms with E-state index in [1.54, 1.807) is 31.2 Å². The maximum atomic E-state index is 12.8. The first-order chi connectivity index (χ1) is 12.5. The SMILES string of the molecule is Cc1cc(C(=O)Nc2ccc3c(c2)NC(=O)C(C)O3)c2ccccc2n1. The molecular weight excluding hydrogens is 330 g/mol. The van der Waals surface area contributed by atoms with Gasteiger partial charge in [0.15, 0.2) is 6.10 Å². The van der Waals surface area contributed by atoms with Crippen molar-refractivity contribution in [2.45, 2.75) is 20.0 Å². The number of hydrogen-bond acceptors (Lipinski definition) is 4. The molecule has 1 aliphatic heterocycles. The van der Waals surface area contributed by atoms with Crippen LogP contribution in [0.4, 0.5) is 11.4 Å². The molecule has 2 aromatic carbocycles. The van der Waals surface area contributed by atoms with Crippen LogP contribution in [0.25, 0.3) is 10.9 Å². The molecule has 130 valence electrons. The van der Waals surface area contributed by atoms with Crippen molar-refractivity contribution < 1.29 is 14.3 Å². The summed E-state index contributed by atoms with van der Waals surface area (Å²) in [6.45, 7) is 3.54. The Morgan fingerprint density at radius 2 is 2.00 bits per heavy atom. The number of para-hydroxylation sites is 1. The predicted molar refractivity (Wildman–Crippen MR) is 99.6 cm³/mol. The molecule has 26 heavy (non-hydrogen) atoms. The van der Waals surface area contributed by atoms with Crippen molar-refractivity contribution in [3.8, 4) is 5.75 Å². The van der Waals surface area contributed by atoms with E-state index in [4.69, 9.17) is 4.74 Å². The number of nitrogens with zero attached hydrogens (tertiary/aromatic N) is 1. The van der Waals surface area contributed by atoms with Crippen LogP contribution in [0.5, 0.6) is 5.75 Å². The first-order valence-corrected chi connectivity index (χ1v) is 8.30. The van der Waals surface area contributed by atoms with Gasteiger partial charge in [0, 0.05) is 16.8 Å². The first kappa shape index (κ1) is 16.1. The van der Waals surface area contributed by atoms with Gasteiger partial charge in [-0.15, -0.1) is 0 Å². The highest BCUT2D eigenvalue weighted by molar-refractivity contribution is 6.12. The highest BCUT2D eigenvalue weighted by atomic mass is 16.5. The van der Waals surface area contributed by atoms with E-state index in [-0.39, 0.29) is 11.8 Å². The van der Waals surface area contributed by atoms with Gasteiger partial charge in [0.1, 0.15) is 5.75 Å². The van der Waals surface area contributed by atoms with Gasteiger partial charge in [-0.2, -0.15) is 0 Å². The van der Waals surface area contributed by atoms with Crippen molar-refractivity contribution in [3.05, 3.63) is 59.8 Å². The fourth-order valence-corrected chi connectivity index (χ4v) is 2.98. The molecule has 0 aliphatic carbocycles. The molecule has 6 heteroatoms. The molecule has 1 atom stereocenters. The first-order valence-electron chi connectivity index (χ1n) is 8.30. The molecule has 1 unspecified atom stereocenters. The number of hydrogen-bond donors (Lipinski definition) is 2. The number of pyridine rings is 1. The van der Waals surface area contributed by atoms with Crippen molar-refractivity contribution in [1.29, 1.82) is 0 Å². The Labute approximate surface area is 150 Å². The predicted octanol–water partition coefficient (Wildman–Crippen LogP) is 3.51. The maximum Gasteiger partial charge on any atom is 0.265 e. The minimum atomic E-state index is -0.533. The number of aromatic nitrogens is 1. The zero-order chi connectivity index (χ0) is 18.3. The van der Waals surface area contributed by atoms with E-state index in [0.29, 0.717) is 22.7 Å². The molecule has 2 N–H and O–H groups in total. The monoisotopic (exact) mass is 347 g/mol. The van der Waals surface area contributed by atoms with Crippen molar-refractivity contribution in [2.75, 3.05) is 10.6 Å². The van der Waals surface area contributed by atoms with Gasteiger partial charge in [-0.1, -0.05) is 18.2 Å². The Kier molecular flexibility index (Phi) is 3.80. The number of carbonyl (C=O) groups is 2. The number of aryl methyl sites for hydroxylation is 1. The summed E-state index contributed by atoms with van der Waals surface area (Å²) in [7, 11) is 0. The standard InChI is InChI=1S/C20H17N3O3/c1-11-9-15(14-5-3-4-6-16(14)21-11)20(25)22-13-7-8-18-17(10-13)23-19(24)12(2)26-18/h3-10,12H,1-2H3,(H,22,25)(H,23,24). The minimum absolute atomic E-state index is 0.211. The molecule has 1 aromatic heterocycles. The highest BCUT2D eigenvalue weighted by Crippen LogP contribution is 2.32. The van der Waals surface area contributed by atoms with Crippen LogP contribution >= 0.6 is 0 Å². The highest BCUT2D eigenvalue weighted by Gasteiger charge is 2.23. The Morgan fingerprint density at radius 3 is 2.85 bits per heavy atom. The smallest absolute Gasteiger partial charge is 0.265 e. The van der Waals surface area contributed by atoms with Crippen LogP contribution in [0.3, 0.4) is 0 Å². The van der Waals surface area contributed by atoms with Gasteiger partial charge in [0.2, 0.25) is 0 Å². The third kappa shape index (κ3) is 2.86. The van der Waals surface area contributed by atoms with E-state index >= 15 is 0 Å². The molecule has 0 saturated carbocycles. The molecule has 0 fully saturated rings. The number of amides is 2. The van der Waals surface area contributed by atoms with E-state index in [2.05, 4.69) is 15.6 Å². The van der Waals surface area contributed by atoms with Gasteiger partial charge in [0.25, 0.3) is 11.8 Å². The number of ether oxygens (including phenoxy) is 1. The van der Waals surface area contributed by atoms with Crippen LogP contribution in [0.15, 0.2) is 48.5 Å². The van der Waals surface area contributed by atoms with Gasteiger partial charge < -0.3 is 15.4 Å². The Hall–Kier alpha value is -3.41. The number of fused-ring (bicyclic) bond motifs is 2. The van der Waals surface area contributed by atoms with E-state index in [9.17, 15) is 9.59 Å². The number of anilines is 2. The normalized spacial score (nSPS) is 15.8. The van der Waals surface area contributed by atoms with Gasteiger partial charge in [-0.3, -0.25) is 14.6 Å². The van der Waals surface area contributed by atoms with Crippen LogP contribution in [-0.4, -0.2) is 22.9 Å². The largest absolute Gasteiger partial charge is 0.479 e. The summed E-state index contributed by atoms with van der Waals surface area (Å²) in [6, 6.07) is 14.5. The summed E-state index contributed by atoms with van der Waals surface area (Å²) in [6.07, 6.45) is -0.533. The zero-order valence-corrected chi connectivity index (χ0v) is 14.4. The van der Waals surface area contributed by atoms with Crippen LogP contribution in [0, 0.1) is 6.92 Å².